The van der Waals surface area contributed by atoms with E-state index in [2.05, 4.69) is 303 Å². The van der Waals surface area contributed by atoms with Crippen LogP contribution in [-0.4, -0.2) is 19.9 Å². The van der Waals surface area contributed by atoms with Crippen molar-refractivity contribution in [3.63, 3.8) is 0 Å². The van der Waals surface area contributed by atoms with Crippen LogP contribution in [0.15, 0.2) is 303 Å². The molecule has 0 fully saturated rings. The third-order valence-electron chi connectivity index (χ3n) is 16.2. The molecule has 2 heterocycles. The van der Waals surface area contributed by atoms with Crippen molar-refractivity contribution in [2.45, 2.75) is 5.41 Å². The highest BCUT2D eigenvalue weighted by Crippen LogP contribution is 2.58. The summed E-state index contributed by atoms with van der Waals surface area (Å²) in [6.45, 7) is 0. The Morgan fingerprint density at radius 1 is 0.210 bits per heavy atom. The number of rotatable bonds is 10. The van der Waals surface area contributed by atoms with E-state index in [9.17, 15) is 0 Å². The van der Waals surface area contributed by atoms with Crippen molar-refractivity contribution in [2.24, 2.45) is 0 Å². The average Bonchev–Trinajstić information content (AvgIpc) is 3.99. The van der Waals surface area contributed by atoms with Crippen LogP contribution < -0.4 is 0 Å². The summed E-state index contributed by atoms with van der Waals surface area (Å²) in [6, 6.07) is 109. The maximum absolute atomic E-state index is 5.53. The molecule has 15 rings (SSSR count). The third-order valence-corrected chi connectivity index (χ3v) is 16.2. The molecular formula is C77H50N4. The molecule has 0 unspecified atom stereocenters. The molecule has 0 atom stereocenters. The van der Waals surface area contributed by atoms with Gasteiger partial charge in [0, 0.05) is 33.0 Å². The van der Waals surface area contributed by atoms with Gasteiger partial charge in [-0.2, -0.15) is 0 Å². The van der Waals surface area contributed by atoms with Crippen LogP contribution in [0, 0.1) is 0 Å². The Morgan fingerprint density at radius 3 is 0.926 bits per heavy atom. The van der Waals surface area contributed by atoms with Crippen LogP contribution in [0.3, 0.4) is 0 Å². The van der Waals surface area contributed by atoms with Gasteiger partial charge in [0.05, 0.1) is 27.8 Å². The molecule has 0 bridgehead atoms. The standard InChI is InChI=1S/C77H50N4/c1-5-19-51(20-6-1)53-35-39-55(40-36-53)57-23-17-25-61(47-57)75-78-71-33-15-13-31-67(71)73(80-75)59-43-45-65-66-46-44-60(50-70(66)77(69(65)49-59,63-27-9-3-10-28-63)64-29-11-4-12-30-64)74-68-32-14-16-34-72(68)79-76(81-74)62-26-18-24-58(48-62)56-41-37-54(38-42-56)52-21-7-2-8-22-52/h1-50H. The molecule has 0 N–H and O–H groups in total. The molecule has 0 spiro atoms. The molecule has 0 amide bonds. The van der Waals surface area contributed by atoms with E-state index in [-0.39, 0.29) is 0 Å². The molecule has 81 heavy (non-hydrogen) atoms. The lowest BCUT2D eigenvalue weighted by molar-refractivity contribution is 0.769. The Balaban J connectivity index is 0.864. The average molecular weight is 1030 g/mol. The molecule has 0 saturated carbocycles. The molecule has 0 aliphatic heterocycles. The Bertz CT molecular complexity index is 4350. The number of para-hydroxylation sites is 2. The molecule has 12 aromatic carbocycles. The van der Waals surface area contributed by atoms with Crippen LogP contribution in [0.4, 0.5) is 0 Å². The lowest BCUT2D eigenvalue weighted by atomic mass is 9.67. The van der Waals surface area contributed by atoms with Crippen LogP contribution in [-0.2, 0) is 5.41 Å². The van der Waals surface area contributed by atoms with Gasteiger partial charge >= 0.3 is 0 Å². The topological polar surface area (TPSA) is 51.6 Å². The third kappa shape index (κ3) is 8.41. The molecule has 378 valence electrons. The maximum Gasteiger partial charge on any atom is 0.160 e. The van der Waals surface area contributed by atoms with Gasteiger partial charge in [-0.3, -0.25) is 0 Å². The number of fused-ring (bicyclic) bond motifs is 5. The molecule has 1 aliphatic carbocycles. The first-order valence-corrected chi connectivity index (χ1v) is 27.6. The minimum absolute atomic E-state index is 0.679. The summed E-state index contributed by atoms with van der Waals surface area (Å²) in [7, 11) is 0. The van der Waals surface area contributed by atoms with E-state index < -0.39 is 5.41 Å². The minimum atomic E-state index is -0.717. The van der Waals surface area contributed by atoms with Gasteiger partial charge in [-0.25, -0.2) is 19.9 Å². The molecule has 2 aromatic heterocycles. The number of hydrogen-bond donors (Lipinski definition) is 0. The van der Waals surface area contributed by atoms with Gasteiger partial charge < -0.3 is 0 Å². The smallest absolute Gasteiger partial charge is 0.160 e. The summed E-state index contributed by atoms with van der Waals surface area (Å²) in [5, 5.41) is 1.99. The molecule has 0 radical (unpaired) electrons. The zero-order valence-corrected chi connectivity index (χ0v) is 44.2. The normalized spacial score (nSPS) is 12.3. The number of hydrogen-bond acceptors (Lipinski definition) is 4. The fraction of sp³-hybridized carbons (Fsp3) is 0.0130. The Morgan fingerprint density at radius 2 is 0.519 bits per heavy atom. The zero-order valence-electron chi connectivity index (χ0n) is 44.2. The zero-order chi connectivity index (χ0) is 53.7. The lowest BCUT2D eigenvalue weighted by Crippen LogP contribution is -2.28. The quantitative estimate of drug-likeness (QED) is 0.137. The maximum atomic E-state index is 5.53. The first-order chi connectivity index (χ1) is 40.1. The Hall–Kier alpha value is -10.7. The van der Waals surface area contributed by atoms with E-state index in [1.54, 1.807) is 0 Å². The van der Waals surface area contributed by atoms with Crippen LogP contribution in [0.2, 0.25) is 0 Å². The van der Waals surface area contributed by atoms with E-state index in [0.29, 0.717) is 11.6 Å². The van der Waals surface area contributed by atoms with Gasteiger partial charge in [-0.1, -0.05) is 267 Å². The number of aromatic nitrogens is 4. The van der Waals surface area contributed by atoms with Gasteiger partial charge in [0.25, 0.3) is 0 Å². The summed E-state index contributed by atoms with van der Waals surface area (Å²) in [5.74, 6) is 1.36. The molecule has 0 saturated heterocycles. The molecule has 4 nitrogen and oxygen atoms in total. The van der Waals surface area contributed by atoms with Crippen LogP contribution >= 0.6 is 0 Å². The van der Waals surface area contributed by atoms with E-state index >= 15 is 0 Å². The highest BCUT2D eigenvalue weighted by molar-refractivity contribution is 5.98. The van der Waals surface area contributed by atoms with E-state index in [1.807, 2.05) is 0 Å². The van der Waals surface area contributed by atoms with Crippen LogP contribution in [0.5, 0.6) is 0 Å². The van der Waals surface area contributed by atoms with Crippen molar-refractivity contribution < 1.29 is 0 Å². The summed E-state index contributed by atoms with van der Waals surface area (Å²) >= 11 is 0. The predicted octanol–water partition coefficient (Wildman–Crippen LogP) is 19.3. The highest BCUT2D eigenvalue weighted by atomic mass is 14.9. The van der Waals surface area contributed by atoms with Crippen molar-refractivity contribution in [3.8, 4) is 101 Å². The Labute approximate surface area is 471 Å². The molecule has 4 heteroatoms. The van der Waals surface area contributed by atoms with Gasteiger partial charge in [0.1, 0.15) is 0 Å². The van der Waals surface area contributed by atoms with Crippen LogP contribution in [0.1, 0.15) is 22.3 Å². The second-order valence-electron chi connectivity index (χ2n) is 20.9. The second-order valence-corrected chi connectivity index (χ2v) is 20.9. The largest absolute Gasteiger partial charge is 0.228 e. The number of nitrogens with zero attached hydrogens (tertiary/aromatic N) is 4. The van der Waals surface area contributed by atoms with E-state index in [1.165, 1.54) is 55.6 Å². The van der Waals surface area contributed by atoms with E-state index in [0.717, 1.165) is 77.7 Å². The van der Waals surface area contributed by atoms with Gasteiger partial charge in [-0.15, -0.1) is 0 Å². The lowest BCUT2D eigenvalue weighted by Gasteiger charge is -2.34. The number of benzene rings is 12. The SMILES string of the molecule is c1ccc(-c2ccc(-c3cccc(-c4nc(-c5ccc6c(c5)C(c5ccccc5)(c5ccccc5)c5cc(-c7nc(-c8cccc(-c9ccc(-c%10ccccc%10)cc9)c8)nc8ccccc78)ccc5-6)c5ccccc5n4)c3)cc2)cc1. The fourth-order valence-electron chi connectivity index (χ4n) is 12.3. The second kappa shape index (κ2) is 20.0. The predicted molar refractivity (Wildman–Crippen MR) is 333 cm³/mol. The van der Waals surface area contributed by atoms with Crippen LogP contribution in [0.25, 0.3) is 123 Å². The van der Waals surface area contributed by atoms with Gasteiger partial charge in [-0.05, 0) is 114 Å². The molecule has 14 aromatic rings. The molecule has 1 aliphatic rings. The van der Waals surface area contributed by atoms with Gasteiger partial charge in [0.2, 0.25) is 0 Å². The van der Waals surface area contributed by atoms with Crippen molar-refractivity contribution in [1.82, 2.24) is 19.9 Å². The van der Waals surface area contributed by atoms with Crippen molar-refractivity contribution in [3.05, 3.63) is 326 Å². The first-order valence-electron chi connectivity index (χ1n) is 27.6. The van der Waals surface area contributed by atoms with Gasteiger partial charge in [0.15, 0.2) is 11.6 Å². The minimum Gasteiger partial charge on any atom is -0.228 e. The van der Waals surface area contributed by atoms with Crippen molar-refractivity contribution in [2.75, 3.05) is 0 Å². The Kier molecular flexibility index (Phi) is 11.7. The first kappa shape index (κ1) is 47.5. The van der Waals surface area contributed by atoms with Crippen molar-refractivity contribution >= 4 is 21.8 Å². The molecular weight excluding hydrogens is 981 g/mol. The summed E-state index contributed by atoms with van der Waals surface area (Å²) in [5.41, 5.74) is 23.1. The summed E-state index contributed by atoms with van der Waals surface area (Å²) in [4.78, 5) is 21.5. The fourth-order valence-corrected chi connectivity index (χ4v) is 12.3. The summed E-state index contributed by atoms with van der Waals surface area (Å²) in [6.07, 6.45) is 0. The monoisotopic (exact) mass is 1030 g/mol. The van der Waals surface area contributed by atoms with E-state index in [4.69, 9.17) is 19.9 Å². The highest BCUT2D eigenvalue weighted by Gasteiger charge is 2.46. The van der Waals surface area contributed by atoms with Crippen molar-refractivity contribution in [1.29, 1.82) is 0 Å². The summed E-state index contributed by atoms with van der Waals surface area (Å²) < 4.78 is 0.